The Labute approximate surface area is 152 Å². The molecule has 8 heteroatoms. The van der Waals surface area contributed by atoms with Crippen molar-refractivity contribution in [3.8, 4) is 0 Å². The van der Waals surface area contributed by atoms with E-state index < -0.39 is 16.9 Å². The van der Waals surface area contributed by atoms with E-state index in [1.54, 1.807) is 32.0 Å². The molecule has 0 saturated carbocycles. The summed E-state index contributed by atoms with van der Waals surface area (Å²) in [6, 6.07) is 5.32. The topological polar surface area (TPSA) is 111 Å². The van der Waals surface area contributed by atoms with Crippen LogP contribution in [0, 0.1) is 16.0 Å². The Morgan fingerprint density at radius 3 is 2.73 bits per heavy atom. The van der Waals surface area contributed by atoms with Crippen molar-refractivity contribution in [3.63, 3.8) is 0 Å². The van der Waals surface area contributed by atoms with E-state index in [0.717, 1.165) is 19.4 Å². The Morgan fingerprint density at radius 1 is 1.38 bits per heavy atom. The molecule has 26 heavy (non-hydrogen) atoms. The first-order valence-electron chi connectivity index (χ1n) is 8.82. The number of nitro benzene ring substituents is 1. The average molecular weight is 363 g/mol. The van der Waals surface area contributed by atoms with Gasteiger partial charge in [0.15, 0.2) is 0 Å². The predicted octanol–water partition coefficient (Wildman–Crippen LogP) is 2.09. The molecule has 2 rings (SSSR count). The van der Waals surface area contributed by atoms with Crippen molar-refractivity contribution in [1.82, 2.24) is 10.6 Å². The first-order valence-corrected chi connectivity index (χ1v) is 8.82. The van der Waals surface area contributed by atoms with Crippen LogP contribution >= 0.6 is 0 Å². The maximum Gasteiger partial charge on any atom is 0.308 e. The second-order valence-corrected chi connectivity index (χ2v) is 6.66. The van der Waals surface area contributed by atoms with E-state index >= 15 is 0 Å². The molecule has 1 aromatic rings. The van der Waals surface area contributed by atoms with Gasteiger partial charge in [0.1, 0.15) is 0 Å². The van der Waals surface area contributed by atoms with E-state index in [0.29, 0.717) is 12.1 Å². The molecule has 0 bridgehead atoms. The van der Waals surface area contributed by atoms with E-state index in [9.17, 15) is 19.7 Å². The second-order valence-electron chi connectivity index (χ2n) is 6.66. The van der Waals surface area contributed by atoms with Crippen LogP contribution in [0.25, 0.3) is 0 Å². The molecule has 1 fully saturated rings. The molecule has 1 aliphatic heterocycles. The highest BCUT2D eigenvalue weighted by Gasteiger charge is 2.29. The van der Waals surface area contributed by atoms with Crippen LogP contribution in [0.2, 0.25) is 0 Å². The van der Waals surface area contributed by atoms with Crippen LogP contribution in [0.1, 0.15) is 44.7 Å². The van der Waals surface area contributed by atoms with Gasteiger partial charge in [-0.3, -0.25) is 19.7 Å². The summed E-state index contributed by atoms with van der Waals surface area (Å²) in [5.41, 5.74) is 0.173. The van der Waals surface area contributed by atoms with Gasteiger partial charge in [-0.1, -0.05) is 18.2 Å². The minimum Gasteiger partial charge on any atom is -0.463 e. The molecular formula is C18H25N3O5. The normalized spacial score (nSPS) is 18.2. The number of piperidine rings is 1. The highest BCUT2D eigenvalue weighted by Crippen LogP contribution is 2.28. The first-order chi connectivity index (χ1) is 12.4. The summed E-state index contributed by atoms with van der Waals surface area (Å²) < 4.78 is 5.16. The standard InChI is InChI=1S/C18H25N3O5/c1-12(2)26-17(22)10-15(14-7-3-4-8-16(14)21(24)25)20-18(23)13-6-5-9-19-11-13/h3-4,7-8,12-13,15,19H,5-6,9-11H2,1-2H3,(H,20,23). The molecule has 8 nitrogen and oxygen atoms in total. The van der Waals surface area contributed by atoms with Gasteiger partial charge in [0.2, 0.25) is 5.91 Å². The highest BCUT2D eigenvalue weighted by molar-refractivity contribution is 5.81. The molecule has 0 aromatic heterocycles. The number of hydrogen-bond donors (Lipinski definition) is 2. The smallest absolute Gasteiger partial charge is 0.308 e. The Hall–Kier alpha value is -2.48. The lowest BCUT2D eigenvalue weighted by atomic mass is 9.96. The lowest BCUT2D eigenvalue weighted by Gasteiger charge is -2.25. The summed E-state index contributed by atoms with van der Waals surface area (Å²) in [7, 11) is 0. The van der Waals surface area contributed by atoms with Crippen molar-refractivity contribution in [2.75, 3.05) is 13.1 Å². The van der Waals surface area contributed by atoms with Crippen LogP contribution in [0.4, 0.5) is 5.69 Å². The summed E-state index contributed by atoms with van der Waals surface area (Å²) in [4.78, 5) is 35.5. The van der Waals surface area contributed by atoms with Crippen molar-refractivity contribution in [3.05, 3.63) is 39.9 Å². The van der Waals surface area contributed by atoms with Crippen LogP contribution in [0.5, 0.6) is 0 Å². The number of hydrogen-bond acceptors (Lipinski definition) is 6. The van der Waals surface area contributed by atoms with E-state index in [1.807, 2.05) is 0 Å². The van der Waals surface area contributed by atoms with Crippen LogP contribution in [-0.2, 0) is 14.3 Å². The fourth-order valence-electron chi connectivity index (χ4n) is 3.03. The highest BCUT2D eigenvalue weighted by atomic mass is 16.6. The lowest BCUT2D eigenvalue weighted by Crippen LogP contribution is -2.42. The Kier molecular flexibility index (Phi) is 7.08. The number of carbonyl (C=O) groups excluding carboxylic acids is 2. The maximum absolute atomic E-state index is 12.6. The van der Waals surface area contributed by atoms with Crippen LogP contribution < -0.4 is 10.6 Å². The molecule has 0 radical (unpaired) electrons. The maximum atomic E-state index is 12.6. The van der Waals surface area contributed by atoms with E-state index in [1.165, 1.54) is 6.07 Å². The number of nitrogens with one attached hydrogen (secondary N) is 2. The summed E-state index contributed by atoms with van der Waals surface area (Å²) in [6.45, 7) is 4.89. The van der Waals surface area contributed by atoms with Crippen LogP contribution in [0.15, 0.2) is 24.3 Å². The van der Waals surface area contributed by atoms with Crippen molar-refractivity contribution in [2.45, 2.75) is 45.3 Å². The quantitative estimate of drug-likeness (QED) is 0.436. The van der Waals surface area contributed by atoms with Crippen molar-refractivity contribution in [2.24, 2.45) is 5.92 Å². The number of benzene rings is 1. The molecule has 1 aromatic carbocycles. The van der Waals surface area contributed by atoms with Gasteiger partial charge >= 0.3 is 5.97 Å². The molecule has 2 atom stereocenters. The van der Waals surface area contributed by atoms with E-state index in [-0.39, 0.29) is 30.0 Å². The number of esters is 1. The molecule has 2 unspecified atom stereocenters. The van der Waals surface area contributed by atoms with Gasteiger partial charge in [-0.2, -0.15) is 0 Å². The van der Waals surface area contributed by atoms with Gasteiger partial charge in [-0.25, -0.2) is 0 Å². The van der Waals surface area contributed by atoms with Gasteiger partial charge in [0.05, 0.1) is 35.0 Å². The Balaban J connectivity index is 2.22. The zero-order valence-electron chi connectivity index (χ0n) is 15.1. The number of para-hydroxylation sites is 1. The predicted molar refractivity (Wildman–Crippen MR) is 95.4 cm³/mol. The van der Waals surface area contributed by atoms with Gasteiger partial charge in [0, 0.05) is 12.6 Å². The number of amides is 1. The van der Waals surface area contributed by atoms with E-state index in [2.05, 4.69) is 10.6 Å². The minimum absolute atomic E-state index is 0.128. The summed E-state index contributed by atoms with van der Waals surface area (Å²) in [5, 5.41) is 17.3. The molecular weight excluding hydrogens is 338 g/mol. The monoisotopic (exact) mass is 363 g/mol. The van der Waals surface area contributed by atoms with Crippen molar-refractivity contribution < 1.29 is 19.2 Å². The van der Waals surface area contributed by atoms with Gasteiger partial charge < -0.3 is 15.4 Å². The molecule has 1 amide bonds. The third-order valence-corrected chi connectivity index (χ3v) is 4.23. The van der Waals surface area contributed by atoms with Crippen molar-refractivity contribution in [1.29, 1.82) is 0 Å². The fourth-order valence-corrected chi connectivity index (χ4v) is 3.03. The van der Waals surface area contributed by atoms with E-state index in [4.69, 9.17) is 4.74 Å². The van der Waals surface area contributed by atoms with Gasteiger partial charge in [-0.15, -0.1) is 0 Å². The zero-order chi connectivity index (χ0) is 19.1. The summed E-state index contributed by atoms with van der Waals surface area (Å²) in [6.07, 6.45) is 1.18. The van der Waals surface area contributed by atoms with Crippen molar-refractivity contribution >= 4 is 17.6 Å². The Morgan fingerprint density at radius 2 is 2.12 bits per heavy atom. The first kappa shape index (κ1) is 19.8. The van der Waals surface area contributed by atoms with Crippen LogP contribution in [-0.4, -0.2) is 36.0 Å². The molecule has 1 aliphatic rings. The number of nitrogens with zero attached hydrogens (tertiary/aromatic N) is 1. The fraction of sp³-hybridized carbons (Fsp3) is 0.556. The molecule has 0 spiro atoms. The molecule has 142 valence electrons. The Bertz CT molecular complexity index is 656. The van der Waals surface area contributed by atoms with Gasteiger partial charge in [-0.05, 0) is 33.2 Å². The number of rotatable bonds is 7. The molecule has 1 saturated heterocycles. The lowest BCUT2D eigenvalue weighted by molar-refractivity contribution is -0.385. The summed E-state index contributed by atoms with van der Waals surface area (Å²) >= 11 is 0. The number of ether oxygens (including phenoxy) is 1. The zero-order valence-corrected chi connectivity index (χ0v) is 15.1. The second kappa shape index (κ2) is 9.28. The molecule has 2 N–H and O–H groups in total. The third-order valence-electron chi connectivity index (χ3n) is 4.23. The summed E-state index contributed by atoms with van der Waals surface area (Å²) in [5.74, 6) is -0.932. The van der Waals surface area contributed by atoms with Crippen LogP contribution in [0.3, 0.4) is 0 Å². The molecule has 0 aliphatic carbocycles. The molecule has 1 heterocycles. The van der Waals surface area contributed by atoms with Gasteiger partial charge in [0.25, 0.3) is 5.69 Å². The SMILES string of the molecule is CC(C)OC(=O)CC(NC(=O)C1CCCNC1)c1ccccc1[N+](=O)[O-]. The number of carbonyl (C=O) groups is 2. The average Bonchev–Trinajstić information content (AvgIpc) is 2.61. The number of nitro groups is 1. The largest absolute Gasteiger partial charge is 0.463 e. The minimum atomic E-state index is -0.808. The third kappa shape index (κ3) is 5.52.